The highest BCUT2D eigenvalue weighted by molar-refractivity contribution is 5.76. The molecule has 0 spiro atoms. The number of ether oxygens (including phenoxy) is 4. The van der Waals surface area contributed by atoms with Gasteiger partial charge in [0.25, 0.3) is 0 Å². The van der Waals surface area contributed by atoms with E-state index in [2.05, 4.69) is 13.8 Å². The largest absolute Gasteiger partial charge is 0.490 e. The van der Waals surface area contributed by atoms with Crippen LogP contribution in [-0.4, -0.2) is 32.1 Å². The number of rotatable bonds is 16. The fourth-order valence-corrected chi connectivity index (χ4v) is 5.13. The number of hydrogen-bond donors (Lipinski definition) is 0. The molecule has 4 rings (SSSR count). The van der Waals surface area contributed by atoms with Gasteiger partial charge in [0, 0.05) is 5.56 Å². The number of unbranched alkanes of at least 4 members (excludes halogenated alkanes) is 7. The lowest BCUT2D eigenvalue weighted by Gasteiger charge is -2.28. The average Bonchev–Trinajstić information content (AvgIpc) is 3.04. The van der Waals surface area contributed by atoms with Gasteiger partial charge in [-0.3, -0.25) is 4.79 Å². The van der Waals surface area contributed by atoms with E-state index in [9.17, 15) is 18.0 Å². The number of hydrogen-bond acceptors (Lipinski definition) is 5. The lowest BCUT2D eigenvalue weighted by molar-refractivity contribution is -0.208. The third kappa shape index (κ3) is 9.32. The quantitative estimate of drug-likeness (QED) is 0.0916. The van der Waals surface area contributed by atoms with Crippen molar-refractivity contribution in [2.75, 3.05) is 19.8 Å². The normalized spacial score (nSPS) is 16.6. The Morgan fingerprint density at radius 1 is 0.727 bits per heavy atom. The van der Waals surface area contributed by atoms with Crippen molar-refractivity contribution in [2.45, 2.75) is 84.3 Å². The van der Waals surface area contributed by atoms with Crippen molar-refractivity contribution >= 4 is 5.97 Å². The van der Waals surface area contributed by atoms with E-state index in [0.29, 0.717) is 23.3 Å². The molecule has 0 aliphatic carbocycles. The Labute approximate surface area is 258 Å². The van der Waals surface area contributed by atoms with Crippen LogP contribution in [0.5, 0.6) is 11.5 Å². The van der Waals surface area contributed by atoms with E-state index in [1.807, 2.05) is 0 Å². The maximum Gasteiger partial charge on any atom is 0.319 e. The highest BCUT2D eigenvalue weighted by Gasteiger charge is 2.29. The second-order valence-electron chi connectivity index (χ2n) is 11.3. The van der Waals surface area contributed by atoms with E-state index in [0.717, 1.165) is 44.9 Å². The average molecular weight is 613 g/mol. The third-order valence-electron chi connectivity index (χ3n) is 7.82. The van der Waals surface area contributed by atoms with Crippen molar-refractivity contribution in [1.29, 1.82) is 0 Å². The minimum atomic E-state index is -1.01. The first-order valence-corrected chi connectivity index (χ1v) is 15.9. The van der Waals surface area contributed by atoms with Gasteiger partial charge in [0.15, 0.2) is 29.4 Å². The van der Waals surface area contributed by atoms with Crippen LogP contribution in [0.2, 0.25) is 0 Å². The highest BCUT2D eigenvalue weighted by atomic mass is 19.2. The summed E-state index contributed by atoms with van der Waals surface area (Å²) >= 11 is 0. The van der Waals surface area contributed by atoms with Gasteiger partial charge < -0.3 is 18.9 Å². The Hall–Kier alpha value is -3.36. The fourth-order valence-electron chi connectivity index (χ4n) is 5.13. The Morgan fingerprint density at radius 3 is 2.05 bits per heavy atom. The molecule has 3 aromatic carbocycles. The minimum absolute atomic E-state index is 0.0946. The number of carbonyl (C=O) groups excluding carboxylic acids is 1. The van der Waals surface area contributed by atoms with Gasteiger partial charge in [-0.05, 0) is 60.2 Å². The van der Waals surface area contributed by atoms with Gasteiger partial charge in [0.1, 0.15) is 5.92 Å². The number of halogens is 3. The van der Waals surface area contributed by atoms with E-state index < -0.39 is 29.3 Å². The molecule has 0 amide bonds. The zero-order valence-corrected chi connectivity index (χ0v) is 25.7. The molecule has 5 nitrogen and oxygen atoms in total. The zero-order valence-electron chi connectivity index (χ0n) is 25.7. The molecule has 0 bridgehead atoms. The lowest BCUT2D eigenvalue weighted by Crippen LogP contribution is -2.38. The summed E-state index contributed by atoms with van der Waals surface area (Å²) < 4.78 is 66.7. The SMILES string of the molecule is CCCCCCCCOc1ccc(-c2ccc(-c3ccc(OC(=O)C4COC(CCCCC)OC4)c(F)c3)cc2)c(F)c1F. The van der Waals surface area contributed by atoms with Crippen LogP contribution in [0.4, 0.5) is 13.2 Å². The summed E-state index contributed by atoms with van der Waals surface area (Å²) in [7, 11) is 0. The van der Waals surface area contributed by atoms with Crippen LogP contribution in [-0.2, 0) is 14.3 Å². The van der Waals surface area contributed by atoms with Crippen LogP contribution in [0.1, 0.15) is 78.1 Å². The van der Waals surface area contributed by atoms with Gasteiger partial charge in [-0.1, -0.05) is 89.1 Å². The molecular weight excluding hydrogens is 569 g/mol. The van der Waals surface area contributed by atoms with Gasteiger partial charge in [-0.15, -0.1) is 0 Å². The van der Waals surface area contributed by atoms with Crippen molar-refractivity contribution in [2.24, 2.45) is 5.92 Å². The van der Waals surface area contributed by atoms with Crippen molar-refractivity contribution < 1.29 is 36.9 Å². The smallest absolute Gasteiger partial charge is 0.319 e. The first-order chi connectivity index (χ1) is 21.4. The lowest BCUT2D eigenvalue weighted by atomic mass is 9.99. The number of carbonyl (C=O) groups is 1. The molecule has 0 aromatic heterocycles. The van der Waals surface area contributed by atoms with E-state index in [-0.39, 0.29) is 36.6 Å². The summed E-state index contributed by atoms with van der Waals surface area (Å²) in [6, 6.07) is 13.9. The third-order valence-corrected chi connectivity index (χ3v) is 7.82. The molecule has 1 aliphatic rings. The molecular formula is C36H43F3O5. The summed E-state index contributed by atoms with van der Waals surface area (Å²) in [6.45, 7) is 4.96. The summed E-state index contributed by atoms with van der Waals surface area (Å²) in [5, 5.41) is 0. The van der Waals surface area contributed by atoms with Crippen molar-refractivity contribution in [3.8, 4) is 33.8 Å². The predicted molar refractivity (Wildman–Crippen MR) is 165 cm³/mol. The van der Waals surface area contributed by atoms with Crippen LogP contribution in [0, 0.1) is 23.4 Å². The minimum Gasteiger partial charge on any atom is -0.490 e. The second-order valence-corrected chi connectivity index (χ2v) is 11.3. The first-order valence-electron chi connectivity index (χ1n) is 15.9. The van der Waals surface area contributed by atoms with Gasteiger partial charge >= 0.3 is 5.97 Å². The molecule has 238 valence electrons. The number of esters is 1. The summed E-state index contributed by atoms with van der Waals surface area (Å²) in [5.41, 5.74) is 1.78. The van der Waals surface area contributed by atoms with Gasteiger partial charge in [-0.2, -0.15) is 4.39 Å². The van der Waals surface area contributed by atoms with Gasteiger partial charge in [0.2, 0.25) is 5.82 Å². The van der Waals surface area contributed by atoms with E-state index in [4.69, 9.17) is 18.9 Å². The van der Waals surface area contributed by atoms with Crippen molar-refractivity contribution in [1.82, 2.24) is 0 Å². The highest BCUT2D eigenvalue weighted by Crippen LogP contribution is 2.33. The van der Waals surface area contributed by atoms with Crippen LogP contribution in [0.15, 0.2) is 54.6 Å². The number of benzene rings is 3. The molecule has 1 saturated heterocycles. The monoisotopic (exact) mass is 612 g/mol. The Kier molecular flexibility index (Phi) is 13.1. The molecule has 0 saturated carbocycles. The van der Waals surface area contributed by atoms with E-state index in [1.54, 1.807) is 30.3 Å². The van der Waals surface area contributed by atoms with Crippen molar-refractivity contribution in [3.05, 3.63) is 72.0 Å². The molecule has 0 atom stereocenters. The molecule has 0 unspecified atom stereocenters. The van der Waals surface area contributed by atoms with Crippen LogP contribution in [0.3, 0.4) is 0 Å². The summed E-state index contributed by atoms with van der Waals surface area (Å²) in [4.78, 5) is 12.6. The molecule has 1 aliphatic heterocycles. The second kappa shape index (κ2) is 17.2. The standard InChI is InChI=1S/C36H43F3O5/c1-3-5-7-8-9-11-21-41-32-20-18-29(34(38)35(32)39)26-15-13-25(14-16-26)27-17-19-31(30(37)22-27)44-36(40)28-23-42-33(43-24-28)12-10-6-4-2/h13-20,22,28,33H,3-12,21,23-24H2,1-2H3. The maximum atomic E-state index is 14.9. The molecule has 1 fully saturated rings. The maximum absolute atomic E-state index is 14.9. The van der Waals surface area contributed by atoms with Crippen molar-refractivity contribution in [3.63, 3.8) is 0 Å². The Morgan fingerprint density at radius 2 is 1.34 bits per heavy atom. The molecule has 0 N–H and O–H groups in total. The molecule has 8 heteroatoms. The zero-order chi connectivity index (χ0) is 31.3. The molecule has 1 heterocycles. The van der Waals surface area contributed by atoms with Crippen LogP contribution >= 0.6 is 0 Å². The Bertz CT molecular complexity index is 1340. The molecule has 0 radical (unpaired) electrons. The van der Waals surface area contributed by atoms with Gasteiger partial charge in [-0.25, -0.2) is 8.78 Å². The summed E-state index contributed by atoms with van der Waals surface area (Å²) in [6.07, 6.45) is 10.1. The van der Waals surface area contributed by atoms with E-state index >= 15 is 0 Å². The topological polar surface area (TPSA) is 54.0 Å². The fraction of sp³-hybridized carbons (Fsp3) is 0.472. The van der Waals surface area contributed by atoms with Gasteiger partial charge in [0.05, 0.1) is 19.8 Å². The Balaban J connectivity index is 1.31. The van der Waals surface area contributed by atoms with Crippen LogP contribution < -0.4 is 9.47 Å². The first kappa shape index (κ1) is 33.5. The predicted octanol–water partition coefficient (Wildman–Crippen LogP) is 9.65. The molecule has 3 aromatic rings. The summed E-state index contributed by atoms with van der Waals surface area (Å²) in [5.74, 6) is -4.20. The molecule has 44 heavy (non-hydrogen) atoms. The van der Waals surface area contributed by atoms with E-state index in [1.165, 1.54) is 43.5 Å². The van der Waals surface area contributed by atoms with Crippen LogP contribution in [0.25, 0.3) is 22.3 Å².